The van der Waals surface area contributed by atoms with Gasteiger partial charge in [-0.05, 0) is 56.9 Å². The highest BCUT2D eigenvalue weighted by molar-refractivity contribution is 5.91. The van der Waals surface area contributed by atoms with Crippen molar-refractivity contribution >= 4 is 11.8 Å². The molecule has 0 bridgehead atoms. The highest BCUT2D eigenvalue weighted by Gasteiger charge is 2.79. The molecule has 1 spiro atoms. The van der Waals surface area contributed by atoms with E-state index < -0.39 is 0 Å². The standard InChI is InChI=1S/C22H30O4/c1-13-16-6-5-14-11-15(23)7-9-19(14,2)22(16)17(25-22)12-20(13,3)21(4)10-8-18(24)26-21/h11,13,16-17H,5-10,12H2,1-4H3. The van der Waals surface area contributed by atoms with Gasteiger partial charge >= 0.3 is 5.97 Å². The zero-order valence-electron chi connectivity index (χ0n) is 16.4. The minimum absolute atomic E-state index is 0.00264. The number of ketones is 1. The first-order valence-electron chi connectivity index (χ1n) is 10.3. The summed E-state index contributed by atoms with van der Waals surface area (Å²) in [7, 11) is 0. The summed E-state index contributed by atoms with van der Waals surface area (Å²) in [6, 6.07) is 0. The van der Waals surface area contributed by atoms with Crippen molar-refractivity contribution in [3.63, 3.8) is 0 Å². The van der Waals surface area contributed by atoms with Crippen molar-refractivity contribution in [1.82, 2.24) is 0 Å². The second-order valence-corrected chi connectivity index (χ2v) is 10.1. The number of epoxide rings is 1. The number of carbonyl (C=O) groups is 2. The van der Waals surface area contributed by atoms with Gasteiger partial charge in [0.2, 0.25) is 0 Å². The molecule has 0 aromatic heterocycles. The van der Waals surface area contributed by atoms with E-state index in [4.69, 9.17) is 9.47 Å². The summed E-state index contributed by atoms with van der Waals surface area (Å²) in [4.78, 5) is 23.9. The third kappa shape index (κ3) is 1.75. The molecule has 2 heterocycles. The Bertz CT molecular complexity index is 740. The first-order chi connectivity index (χ1) is 12.2. The molecule has 5 rings (SSSR count). The summed E-state index contributed by atoms with van der Waals surface area (Å²) in [6.45, 7) is 9.15. The fraction of sp³-hybridized carbons (Fsp3) is 0.818. The van der Waals surface area contributed by atoms with Crippen molar-refractivity contribution in [2.45, 2.75) is 89.9 Å². The third-order valence-electron chi connectivity index (χ3n) is 9.38. The average Bonchev–Trinajstić information content (AvgIpc) is 3.19. The van der Waals surface area contributed by atoms with E-state index in [0.717, 1.165) is 32.1 Å². The number of allylic oxidation sites excluding steroid dienone is 1. The second kappa shape index (κ2) is 4.81. The molecule has 2 saturated heterocycles. The van der Waals surface area contributed by atoms with Crippen molar-refractivity contribution < 1.29 is 19.1 Å². The fourth-order valence-electron chi connectivity index (χ4n) is 7.32. The van der Waals surface area contributed by atoms with Gasteiger partial charge in [0.1, 0.15) is 11.2 Å². The van der Waals surface area contributed by atoms with Gasteiger partial charge in [0, 0.05) is 23.7 Å². The average molecular weight is 358 g/mol. The molecule has 7 unspecified atom stereocenters. The van der Waals surface area contributed by atoms with Crippen LogP contribution >= 0.6 is 0 Å². The van der Waals surface area contributed by atoms with Gasteiger partial charge in [-0.15, -0.1) is 0 Å². The van der Waals surface area contributed by atoms with Crippen LogP contribution in [0.1, 0.15) is 72.6 Å². The Morgan fingerprint density at radius 3 is 2.54 bits per heavy atom. The van der Waals surface area contributed by atoms with E-state index >= 15 is 0 Å². The van der Waals surface area contributed by atoms with Crippen LogP contribution in [0.3, 0.4) is 0 Å². The van der Waals surface area contributed by atoms with Gasteiger partial charge in [-0.3, -0.25) is 9.59 Å². The molecule has 4 nitrogen and oxygen atoms in total. The highest BCUT2D eigenvalue weighted by Crippen LogP contribution is 2.74. The van der Waals surface area contributed by atoms with Gasteiger partial charge in [-0.2, -0.15) is 0 Å². The summed E-state index contributed by atoms with van der Waals surface area (Å²) >= 11 is 0. The maximum Gasteiger partial charge on any atom is 0.306 e. The Morgan fingerprint density at radius 2 is 1.85 bits per heavy atom. The van der Waals surface area contributed by atoms with Crippen LogP contribution in [0.4, 0.5) is 0 Å². The molecule has 4 fully saturated rings. The topological polar surface area (TPSA) is 55.9 Å². The van der Waals surface area contributed by atoms with E-state index in [0.29, 0.717) is 24.7 Å². The Labute approximate surface area is 155 Å². The molecule has 5 aliphatic rings. The van der Waals surface area contributed by atoms with Crippen molar-refractivity contribution in [2.75, 3.05) is 0 Å². The van der Waals surface area contributed by atoms with Crippen LogP contribution in [0.2, 0.25) is 0 Å². The quantitative estimate of drug-likeness (QED) is 0.526. The number of hydrogen-bond donors (Lipinski definition) is 0. The van der Waals surface area contributed by atoms with Crippen LogP contribution in [0.5, 0.6) is 0 Å². The molecule has 0 amide bonds. The molecular weight excluding hydrogens is 328 g/mol. The van der Waals surface area contributed by atoms with Crippen molar-refractivity contribution in [3.05, 3.63) is 11.6 Å². The number of carbonyl (C=O) groups excluding carboxylic acids is 2. The molecule has 26 heavy (non-hydrogen) atoms. The van der Waals surface area contributed by atoms with E-state index in [9.17, 15) is 9.59 Å². The minimum Gasteiger partial charge on any atom is -0.459 e. The Morgan fingerprint density at radius 1 is 1.08 bits per heavy atom. The van der Waals surface area contributed by atoms with E-state index in [1.54, 1.807) is 0 Å². The van der Waals surface area contributed by atoms with Crippen LogP contribution < -0.4 is 0 Å². The molecule has 2 saturated carbocycles. The zero-order valence-corrected chi connectivity index (χ0v) is 16.4. The highest BCUT2D eigenvalue weighted by atomic mass is 16.6. The molecule has 2 aliphatic heterocycles. The van der Waals surface area contributed by atoms with Gasteiger partial charge in [0.15, 0.2) is 5.78 Å². The lowest BCUT2D eigenvalue weighted by atomic mass is 9.44. The molecule has 0 aromatic rings. The van der Waals surface area contributed by atoms with Gasteiger partial charge in [-0.1, -0.05) is 26.3 Å². The molecule has 0 aromatic carbocycles. The number of esters is 1. The van der Waals surface area contributed by atoms with Gasteiger partial charge in [0.25, 0.3) is 0 Å². The van der Waals surface area contributed by atoms with Crippen LogP contribution in [-0.4, -0.2) is 29.1 Å². The van der Waals surface area contributed by atoms with E-state index in [1.165, 1.54) is 5.57 Å². The van der Waals surface area contributed by atoms with Crippen molar-refractivity contribution in [2.24, 2.45) is 22.7 Å². The number of ether oxygens (including phenoxy) is 2. The lowest BCUT2D eigenvalue weighted by Gasteiger charge is -2.58. The number of cyclic esters (lactones) is 1. The van der Waals surface area contributed by atoms with Crippen LogP contribution in [0, 0.1) is 22.7 Å². The van der Waals surface area contributed by atoms with E-state index in [-0.39, 0.29) is 39.9 Å². The first kappa shape index (κ1) is 17.0. The largest absolute Gasteiger partial charge is 0.459 e. The van der Waals surface area contributed by atoms with Crippen LogP contribution in [0.25, 0.3) is 0 Å². The van der Waals surface area contributed by atoms with Crippen molar-refractivity contribution in [3.8, 4) is 0 Å². The van der Waals surface area contributed by atoms with Crippen molar-refractivity contribution in [1.29, 1.82) is 0 Å². The molecule has 142 valence electrons. The zero-order chi connectivity index (χ0) is 18.5. The molecule has 7 atom stereocenters. The molecule has 0 N–H and O–H groups in total. The summed E-state index contributed by atoms with van der Waals surface area (Å²) in [6.07, 6.45) is 8.09. The van der Waals surface area contributed by atoms with Crippen LogP contribution in [-0.2, 0) is 19.1 Å². The number of hydrogen-bond acceptors (Lipinski definition) is 4. The first-order valence-corrected chi connectivity index (χ1v) is 10.3. The summed E-state index contributed by atoms with van der Waals surface area (Å²) in [5.41, 5.74) is 0.770. The maximum absolute atomic E-state index is 12.0. The lowest BCUT2D eigenvalue weighted by Crippen LogP contribution is -2.61. The van der Waals surface area contributed by atoms with Gasteiger partial charge < -0.3 is 9.47 Å². The molecule has 3 aliphatic carbocycles. The number of fused-ring (bicyclic) bond motifs is 1. The smallest absolute Gasteiger partial charge is 0.306 e. The Kier molecular flexibility index (Phi) is 3.14. The third-order valence-corrected chi connectivity index (χ3v) is 9.38. The maximum atomic E-state index is 12.0. The summed E-state index contributed by atoms with van der Waals surface area (Å²) in [5.74, 6) is 1.12. The fourth-order valence-corrected chi connectivity index (χ4v) is 7.32. The second-order valence-electron chi connectivity index (χ2n) is 10.1. The Hall–Kier alpha value is -1.16. The number of rotatable bonds is 1. The summed E-state index contributed by atoms with van der Waals surface area (Å²) < 4.78 is 12.5. The van der Waals surface area contributed by atoms with E-state index in [1.807, 2.05) is 6.08 Å². The molecule has 4 heteroatoms. The Balaban J connectivity index is 1.54. The molecular formula is C22H30O4. The lowest BCUT2D eigenvalue weighted by molar-refractivity contribution is -0.172. The monoisotopic (exact) mass is 358 g/mol. The predicted octanol–water partition coefficient (Wildman–Crippen LogP) is 3.97. The minimum atomic E-state index is -0.388. The van der Waals surface area contributed by atoms with Gasteiger partial charge in [0.05, 0.1) is 6.10 Å². The predicted molar refractivity (Wildman–Crippen MR) is 96.4 cm³/mol. The van der Waals surface area contributed by atoms with Gasteiger partial charge in [-0.25, -0.2) is 0 Å². The molecule has 0 radical (unpaired) electrons. The van der Waals surface area contributed by atoms with E-state index in [2.05, 4.69) is 27.7 Å². The SMILES string of the molecule is CC1C2CCC3=CC(=O)CCC3(C)C23OC3CC1(C)C1(C)CCC(=O)O1. The van der Waals surface area contributed by atoms with Crippen LogP contribution in [0.15, 0.2) is 11.6 Å². The summed E-state index contributed by atoms with van der Waals surface area (Å²) in [5, 5.41) is 0. The normalized spacial score (nSPS) is 55.4.